The van der Waals surface area contributed by atoms with E-state index in [1.54, 1.807) is 12.1 Å². The second-order valence-corrected chi connectivity index (χ2v) is 6.98. The van der Waals surface area contributed by atoms with E-state index in [0.29, 0.717) is 10.6 Å². The van der Waals surface area contributed by atoms with Gasteiger partial charge in [-0.2, -0.15) is 0 Å². The summed E-state index contributed by atoms with van der Waals surface area (Å²) in [5.41, 5.74) is 0.847. The summed E-state index contributed by atoms with van der Waals surface area (Å²) in [5, 5.41) is 4.01. The number of halogens is 2. The predicted molar refractivity (Wildman–Crippen MR) is 79.3 cm³/mol. The van der Waals surface area contributed by atoms with E-state index in [0.717, 1.165) is 32.4 Å². The highest BCUT2D eigenvalue weighted by molar-refractivity contribution is 6.31. The second-order valence-electron chi connectivity index (χ2n) is 6.57. The lowest BCUT2D eigenvalue weighted by atomic mass is 9.51. The van der Waals surface area contributed by atoms with Crippen molar-refractivity contribution in [1.29, 1.82) is 0 Å². The monoisotopic (exact) mass is 283 g/mol. The van der Waals surface area contributed by atoms with Crippen LogP contribution < -0.4 is 5.32 Å². The van der Waals surface area contributed by atoms with Gasteiger partial charge in [-0.15, -0.1) is 0 Å². The molecule has 0 heterocycles. The van der Waals surface area contributed by atoms with E-state index >= 15 is 0 Å². The molecule has 0 unspecified atom stereocenters. The highest BCUT2D eigenvalue weighted by Gasteiger charge is 2.51. The average Bonchev–Trinajstić information content (AvgIpc) is 2.26. The first-order chi connectivity index (χ1) is 8.90. The summed E-state index contributed by atoms with van der Waals surface area (Å²) in [5.74, 6) is -0.165. The Labute approximate surface area is 120 Å². The average molecular weight is 284 g/mol. The van der Waals surface area contributed by atoms with Crippen LogP contribution in [0.5, 0.6) is 0 Å². The molecule has 0 atom stereocenters. The maximum absolute atomic E-state index is 14.2. The van der Waals surface area contributed by atoms with E-state index in [1.165, 1.54) is 6.07 Å². The van der Waals surface area contributed by atoms with Gasteiger partial charge in [-0.1, -0.05) is 38.4 Å². The van der Waals surface area contributed by atoms with E-state index in [1.807, 2.05) is 0 Å². The topological polar surface area (TPSA) is 12.0 Å². The van der Waals surface area contributed by atoms with Gasteiger partial charge >= 0.3 is 0 Å². The molecule has 0 amide bonds. The molecule has 1 aromatic rings. The van der Waals surface area contributed by atoms with Gasteiger partial charge in [0.1, 0.15) is 5.82 Å². The summed E-state index contributed by atoms with van der Waals surface area (Å²) in [6, 6.07) is 5.00. The van der Waals surface area contributed by atoms with Gasteiger partial charge in [0.15, 0.2) is 0 Å². The number of hydrogen-bond donors (Lipinski definition) is 1. The third-order valence-corrected chi connectivity index (χ3v) is 4.33. The Morgan fingerprint density at radius 2 is 2.00 bits per heavy atom. The van der Waals surface area contributed by atoms with Crippen molar-refractivity contribution in [2.75, 3.05) is 13.1 Å². The number of rotatable bonds is 5. The zero-order chi connectivity index (χ0) is 14.1. The Bertz CT molecular complexity index is 428. The lowest BCUT2D eigenvalue weighted by molar-refractivity contribution is 0.0538. The molecule has 1 fully saturated rings. The fourth-order valence-electron chi connectivity index (χ4n) is 3.68. The highest BCUT2D eigenvalue weighted by atomic mass is 35.5. The van der Waals surface area contributed by atoms with Gasteiger partial charge in [0.05, 0.1) is 0 Å². The van der Waals surface area contributed by atoms with Gasteiger partial charge in [0.2, 0.25) is 0 Å². The molecule has 0 bridgehead atoms. The van der Waals surface area contributed by atoms with Crippen molar-refractivity contribution in [2.24, 2.45) is 5.41 Å². The first-order valence-corrected chi connectivity index (χ1v) is 7.43. The summed E-state index contributed by atoms with van der Waals surface area (Å²) in [4.78, 5) is 0. The molecule has 1 N–H and O–H groups in total. The normalized spacial score (nSPS) is 20.1. The molecule has 0 aromatic heterocycles. The van der Waals surface area contributed by atoms with Crippen LogP contribution >= 0.6 is 11.6 Å². The van der Waals surface area contributed by atoms with Crippen LogP contribution in [0.25, 0.3) is 0 Å². The molecule has 0 spiro atoms. The van der Waals surface area contributed by atoms with Crippen molar-refractivity contribution in [3.8, 4) is 0 Å². The molecule has 1 saturated carbocycles. The smallest absolute Gasteiger partial charge is 0.128 e. The number of nitrogens with one attached hydrogen (secondary N) is 1. The quantitative estimate of drug-likeness (QED) is 0.783. The Kier molecular flexibility index (Phi) is 4.22. The van der Waals surface area contributed by atoms with Crippen LogP contribution in [-0.2, 0) is 5.41 Å². The second kappa shape index (κ2) is 5.41. The molecule has 19 heavy (non-hydrogen) atoms. The summed E-state index contributed by atoms with van der Waals surface area (Å²) in [7, 11) is 0. The highest BCUT2D eigenvalue weighted by Crippen LogP contribution is 2.56. The van der Waals surface area contributed by atoms with Gasteiger partial charge in [-0.05, 0) is 43.4 Å². The predicted octanol–water partition coefficient (Wildman–Crippen LogP) is 4.54. The molecule has 0 saturated heterocycles. The molecular weight excluding hydrogens is 261 g/mol. The van der Waals surface area contributed by atoms with E-state index < -0.39 is 0 Å². The fraction of sp³-hybridized carbons (Fsp3) is 0.625. The Balaban J connectivity index is 2.28. The summed E-state index contributed by atoms with van der Waals surface area (Å²) in [6.45, 7) is 8.39. The van der Waals surface area contributed by atoms with Crippen molar-refractivity contribution < 1.29 is 4.39 Å². The number of hydrogen-bond acceptors (Lipinski definition) is 1. The van der Waals surface area contributed by atoms with Crippen molar-refractivity contribution in [1.82, 2.24) is 5.32 Å². The molecule has 1 nitrogen and oxygen atoms in total. The molecule has 1 aliphatic rings. The summed E-state index contributed by atoms with van der Waals surface area (Å²) in [6.07, 6.45) is 3.05. The van der Waals surface area contributed by atoms with E-state index in [4.69, 9.17) is 11.6 Å². The lowest BCUT2D eigenvalue weighted by Gasteiger charge is -2.54. The van der Waals surface area contributed by atoms with Crippen LogP contribution in [0, 0.1) is 11.2 Å². The van der Waals surface area contributed by atoms with E-state index in [9.17, 15) is 4.39 Å². The van der Waals surface area contributed by atoms with E-state index in [2.05, 4.69) is 26.1 Å². The van der Waals surface area contributed by atoms with Gasteiger partial charge in [-0.25, -0.2) is 4.39 Å². The Morgan fingerprint density at radius 3 is 2.53 bits per heavy atom. The van der Waals surface area contributed by atoms with Crippen molar-refractivity contribution in [2.45, 2.75) is 45.4 Å². The van der Waals surface area contributed by atoms with Crippen LogP contribution in [-0.4, -0.2) is 13.1 Å². The molecule has 1 aromatic carbocycles. The van der Waals surface area contributed by atoms with Gasteiger partial charge in [0.25, 0.3) is 0 Å². The Hall–Kier alpha value is -0.600. The zero-order valence-corrected chi connectivity index (χ0v) is 12.8. The minimum atomic E-state index is -0.165. The van der Waals surface area contributed by atoms with Crippen LogP contribution in [0.4, 0.5) is 4.39 Å². The van der Waals surface area contributed by atoms with Gasteiger partial charge in [-0.3, -0.25) is 0 Å². The third-order valence-electron chi connectivity index (χ3n) is 4.02. The number of benzene rings is 1. The summed E-state index contributed by atoms with van der Waals surface area (Å²) >= 11 is 6.26. The first kappa shape index (κ1) is 14.8. The largest absolute Gasteiger partial charge is 0.316 e. The van der Waals surface area contributed by atoms with Crippen molar-refractivity contribution >= 4 is 11.6 Å². The minimum absolute atomic E-state index is 0.138. The molecular formula is C16H23ClFN. The molecule has 0 radical (unpaired) electrons. The molecule has 2 rings (SSSR count). The van der Waals surface area contributed by atoms with Crippen LogP contribution in [0.2, 0.25) is 5.02 Å². The van der Waals surface area contributed by atoms with Crippen LogP contribution in [0.15, 0.2) is 18.2 Å². The van der Waals surface area contributed by atoms with Gasteiger partial charge in [0, 0.05) is 22.5 Å². The van der Waals surface area contributed by atoms with E-state index in [-0.39, 0.29) is 16.6 Å². The maximum atomic E-state index is 14.2. The fourth-order valence-corrected chi connectivity index (χ4v) is 4.04. The minimum Gasteiger partial charge on any atom is -0.316 e. The van der Waals surface area contributed by atoms with Gasteiger partial charge < -0.3 is 5.32 Å². The first-order valence-electron chi connectivity index (χ1n) is 7.05. The lowest BCUT2D eigenvalue weighted by Crippen LogP contribution is -2.53. The molecule has 0 aliphatic heterocycles. The molecule has 1 aliphatic carbocycles. The Morgan fingerprint density at radius 1 is 1.32 bits per heavy atom. The van der Waals surface area contributed by atoms with Crippen molar-refractivity contribution in [3.05, 3.63) is 34.6 Å². The molecule has 106 valence electrons. The molecule has 3 heteroatoms. The SMILES string of the molecule is CCCNCC1(c2c(F)cccc2Cl)CC(C)(C)C1. The maximum Gasteiger partial charge on any atom is 0.128 e. The standard InChI is InChI=1S/C16H23ClFN/c1-4-8-19-11-16(9-15(2,3)10-16)14-12(17)6-5-7-13(14)18/h5-7,19H,4,8-11H2,1-3H3. The zero-order valence-electron chi connectivity index (χ0n) is 12.0. The van der Waals surface area contributed by atoms with Crippen molar-refractivity contribution in [3.63, 3.8) is 0 Å². The van der Waals surface area contributed by atoms with Crippen LogP contribution in [0.1, 0.15) is 45.6 Å². The summed E-state index contributed by atoms with van der Waals surface area (Å²) < 4.78 is 14.2. The van der Waals surface area contributed by atoms with Crippen LogP contribution in [0.3, 0.4) is 0 Å². The third kappa shape index (κ3) is 2.95.